The molecule has 0 radical (unpaired) electrons. The fourth-order valence-electron chi connectivity index (χ4n) is 1.84. The monoisotopic (exact) mass is 394 g/mol. The highest BCUT2D eigenvalue weighted by Crippen LogP contribution is 2.22. The Kier molecular flexibility index (Phi) is 4.51. The maximum Gasteiger partial charge on any atom is 0.216 e. The largest absolute Gasteiger partial charge is 0.497 e. The Bertz CT molecular complexity index is 864. The molecular formula is C14H11BrN4OS2. The zero-order chi connectivity index (χ0) is 15.5. The molecule has 22 heavy (non-hydrogen) atoms. The number of aromatic nitrogens is 3. The summed E-state index contributed by atoms with van der Waals surface area (Å²) in [4.78, 5) is 1.02. The van der Waals surface area contributed by atoms with E-state index in [1.807, 2.05) is 36.4 Å². The molecule has 5 nitrogen and oxygen atoms in total. The molecule has 1 N–H and O–H groups in total. The quantitative estimate of drug-likeness (QED) is 0.529. The van der Waals surface area contributed by atoms with Gasteiger partial charge < -0.3 is 4.74 Å². The summed E-state index contributed by atoms with van der Waals surface area (Å²) in [6.45, 7) is 0. The number of hydrogen-bond acceptors (Lipinski definition) is 5. The standard InChI is InChI=1S/C14H11BrN4OS2/c1-20-10-4-2-9(3-5-10)13-17-18-14(21)19(13)16-8-11-6-7-12(15)22-11/h2-8H,1H3,(H,18,21). The number of benzene rings is 1. The summed E-state index contributed by atoms with van der Waals surface area (Å²) in [7, 11) is 1.63. The molecule has 0 unspecified atom stereocenters. The molecule has 1 aromatic carbocycles. The van der Waals surface area contributed by atoms with Gasteiger partial charge in [-0.3, -0.25) is 0 Å². The first-order valence-electron chi connectivity index (χ1n) is 6.29. The van der Waals surface area contributed by atoms with Crippen LogP contribution in [0.1, 0.15) is 4.88 Å². The van der Waals surface area contributed by atoms with Crippen LogP contribution < -0.4 is 4.74 Å². The third kappa shape index (κ3) is 3.18. The molecule has 0 aliphatic heterocycles. The van der Waals surface area contributed by atoms with E-state index in [4.69, 9.17) is 17.0 Å². The van der Waals surface area contributed by atoms with Crippen molar-refractivity contribution in [3.63, 3.8) is 0 Å². The molecule has 0 fully saturated rings. The minimum absolute atomic E-state index is 0.442. The second kappa shape index (κ2) is 6.55. The van der Waals surface area contributed by atoms with E-state index in [0.29, 0.717) is 10.6 Å². The van der Waals surface area contributed by atoms with E-state index < -0.39 is 0 Å². The first kappa shape index (κ1) is 15.1. The molecule has 0 bridgehead atoms. The SMILES string of the molecule is COc1ccc(-c2n[nH]c(=S)n2N=Cc2ccc(Br)s2)cc1. The van der Waals surface area contributed by atoms with Gasteiger partial charge in [0, 0.05) is 10.4 Å². The average molecular weight is 395 g/mol. The Labute approximate surface area is 144 Å². The summed E-state index contributed by atoms with van der Waals surface area (Å²) in [6.07, 6.45) is 1.76. The summed E-state index contributed by atoms with van der Waals surface area (Å²) < 4.78 is 8.26. The van der Waals surface area contributed by atoms with E-state index in [1.165, 1.54) is 0 Å². The van der Waals surface area contributed by atoms with E-state index in [9.17, 15) is 0 Å². The summed E-state index contributed by atoms with van der Waals surface area (Å²) in [5, 5.41) is 11.4. The lowest BCUT2D eigenvalue weighted by Crippen LogP contribution is -1.94. The number of hydrogen-bond donors (Lipinski definition) is 1. The van der Waals surface area contributed by atoms with Crippen molar-refractivity contribution in [1.29, 1.82) is 0 Å². The van der Waals surface area contributed by atoms with Crippen LogP contribution >= 0.6 is 39.5 Å². The molecule has 2 aromatic heterocycles. The van der Waals surface area contributed by atoms with E-state index in [2.05, 4.69) is 31.2 Å². The smallest absolute Gasteiger partial charge is 0.216 e. The molecule has 112 valence electrons. The van der Waals surface area contributed by atoms with Gasteiger partial charge >= 0.3 is 0 Å². The maximum atomic E-state index is 5.24. The minimum Gasteiger partial charge on any atom is -0.497 e. The normalized spacial score (nSPS) is 11.2. The fourth-order valence-corrected chi connectivity index (χ4v) is 3.31. The van der Waals surface area contributed by atoms with Gasteiger partial charge in [-0.1, -0.05) is 0 Å². The average Bonchev–Trinajstić information content (AvgIpc) is 3.11. The Morgan fingerprint density at radius 3 is 2.73 bits per heavy atom. The van der Waals surface area contributed by atoms with Crippen molar-refractivity contribution in [3.05, 3.63) is 49.8 Å². The molecule has 0 saturated carbocycles. The Morgan fingerprint density at radius 2 is 2.09 bits per heavy atom. The van der Waals surface area contributed by atoms with Crippen molar-refractivity contribution in [2.24, 2.45) is 5.10 Å². The molecule has 8 heteroatoms. The molecular weight excluding hydrogens is 384 g/mol. The Hall–Kier alpha value is -1.77. The summed E-state index contributed by atoms with van der Waals surface area (Å²) in [5.74, 6) is 1.44. The molecule has 3 aromatic rings. The van der Waals surface area contributed by atoms with E-state index >= 15 is 0 Å². The number of aromatic amines is 1. The van der Waals surface area contributed by atoms with Gasteiger partial charge in [0.1, 0.15) is 5.75 Å². The van der Waals surface area contributed by atoms with Crippen LogP contribution in [0.4, 0.5) is 0 Å². The number of ether oxygens (including phenoxy) is 1. The second-order valence-corrected chi connectivity index (χ2v) is 7.16. The molecule has 3 rings (SSSR count). The lowest BCUT2D eigenvalue weighted by molar-refractivity contribution is 0.415. The zero-order valence-electron chi connectivity index (χ0n) is 11.5. The van der Waals surface area contributed by atoms with Gasteiger partial charge in [-0.05, 0) is 64.5 Å². The number of rotatable bonds is 4. The van der Waals surface area contributed by atoms with Crippen LogP contribution in [-0.4, -0.2) is 28.2 Å². The lowest BCUT2D eigenvalue weighted by atomic mass is 10.2. The van der Waals surface area contributed by atoms with Crippen molar-refractivity contribution in [2.75, 3.05) is 7.11 Å². The van der Waals surface area contributed by atoms with Crippen molar-refractivity contribution in [1.82, 2.24) is 14.9 Å². The number of nitrogens with one attached hydrogen (secondary N) is 1. The highest BCUT2D eigenvalue weighted by atomic mass is 79.9. The Balaban J connectivity index is 1.96. The predicted molar refractivity (Wildman–Crippen MR) is 94.4 cm³/mol. The number of halogens is 1. The van der Waals surface area contributed by atoms with Crippen LogP contribution in [0.3, 0.4) is 0 Å². The lowest BCUT2D eigenvalue weighted by Gasteiger charge is -2.02. The maximum absolute atomic E-state index is 5.24. The fraction of sp³-hybridized carbons (Fsp3) is 0.0714. The van der Waals surface area contributed by atoms with E-state index in [-0.39, 0.29) is 0 Å². The Morgan fingerprint density at radius 1 is 1.32 bits per heavy atom. The topological polar surface area (TPSA) is 55.2 Å². The highest BCUT2D eigenvalue weighted by Gasteiger charge is 2.08. The van der Waals surface area contributed by atoms with Crippen molar-refractivity contribution < 1.29 is 4.74 Å². The van der Waals surface area contributed by atoms with Crippen LogP contribution in [0.2, 0.25) is 0 Å². The number of nitrogens with zero attached hydrogens (tertiary/aromatic N) is 3. The van der Waals surface area contributed by atoms with Gasteiger partial charge in [0.2, 0.25) is 4.77 Å². The molecule has 0 amide bonds. The van der Waals surface area contributed by atoms with Crippen LogP contribution in [0.25, 0.3) is 11.4 Å². The van der Waals surface area contributed by atoms with Gasteiger partial charge in [0.25, 0.3) is 0 Å². The van der Waals surface area contributed by atoms with Gasteiger partial charge in [-0.25, -0.2) is 5.10 Å². The molecule has 0 aliphatic carbocycles. The number of H-pyrrole nitrogens is 1. The van der Waals surface area contributed by atoms with Crippen molar-refractivity contribution in [2.45, 2.75) is 0 Å². The van der Waals surface area contributed by atoms with Crippen molar-refractivity contribution >= 4 is 45.7 Å². The molecule has 0 aliphatic rings. The molecule has 0 spiro atoms. The van der Waals surface area contributed by atoms with Crippen LogP contribution in [0.5, 0.6) is 5.75 Å². The highest BCUT2D eigenvalue weighted by molar-refractivity contribution is 9.11. The first-order valence-corrected chi connectivity index (χ1v) is 8.30. The summed E-state index contributed by atoms with van der Waals surface area (Å²) in [5.41, 5.74) is 0.901. The number of thiophene rings is 1. The summed E-state index contributed by atoms with van der Waals surface area (Å²) in [6, 6.07) is 11.5. The minimum atomic E-state index is 0.442. The summed E-state index contributed by atoms with van der Waals surface area (Å²) >= 11 is 10.3. The van der Waals surface area contributed by atoms with Crippen molar-refractivity contribution in [3.8, 4) is 17.1 Å². The zero-order valence-corrected chi connectivity index (χ0v) is 14.7. The third-order valence-corrected chi connectivity index (χ3v) is 4.72. The second-order valence-electron chi connectivity index (χ2n) is 4.28. The van der Waals surface area contributed by atoms with Crippen LogP contribution in [0, 0.1) is 4.77 Å². The molecule has 0 atom stereocenters. The van der Waals surface area contributed by atoms with Gasteiger partial charge in [-0.15, -0.1) is 11.3 Å². The van der Waals surface area contributed by atoms with E-state index in [1.54, 1.807) is 29.3 Å². The predicted octanol–water partition coefficient (Wildman–Crippen LogP) is 4.32. The first-order chi connectivity index (χ1) is 10.7. The third-order valence-electron chi connectivity index (χ3n) is 2.89. The van der Waals surface area contributed by atoms with Gasteiger partial charge in [-0.2, -0.15) is 14.9 Å². The van der Waals surface area contributed by atoms with E-state index in [0.717, 1.165) is 20.0 Å². The van der Waals surface area contributed by atoms with Gasteiger partial charge in [0.05, 0.1) is 17.1 Å². The van der Waals surface area contributed by atoms with Crippen LogP contribution in [-0.2, 0) is 0 Å². The number of methoxy groups -OCH3 is 1. The molecule has 2 heterocycles. The van der Waals surface area contributed by atoms with Gasteiger partial charge in [0.15, 0.2) is 5.82 Å². The molecule has 0 saturated heterocycles. The van der Waals surface area contributed by atoms with Crippen LogP contribution in [0.15, 0.2) is 45.3 Å².